The van der Waals surface area contributed by atoms with E-state index >= 15 is 0 Å². The minimum absolute atomic E-state index is 0.109. The number of hydrogen-bond acceptors (Lipinski definition) is 3. The van der Waals surface area contributed by atoms with Crippen molar-refractivity contribution in [3.63, 3.8) is 0 Å². The van der Waals surface area contributed by atoms with Crippen LogP contribution in [0.2, 0.25) is 0 Å². The van der Waals surface area contributed by atoms with Gasteiger partial charge in [0.05, 0.1) is 11.8 Å². The summed E-state index contributed by atoms with van der Waals surface area (Å²) in [5, 5.41) is 2.31. The van der Waals surface area contributed by atoms with Gasteiger partial charge in [0.25, 0.3) is 0 Å². The molecule has 1 aliphatic heterocycles. The Hall–Kier alpha value is -2.00. The number of aryl methyl sites for hydroxylation is 1. The van der Waals surface area contributed by atoms with Crippen LogP contribution in [0.1, 0.15) is 11.1 Å². The predicted octanol–water partition coefficient (Wildman–Crippen LogP) is 4.37. The summed E-state index contributed by atoms with van der Waals surface area (Å²) in [6, 6.07) is 12.5. The van der Waals surface area contributed by atoms with Crippen LogP contribution < -0.4 is 5.43 Å². The molecule has 0 aliphatic carbocycles. The Morgan fingerprint density at radius 3 is 2.90 bits per heavy atom. The highest BCUT2D eigenvalue weighted by atomic mass is 32.2. The lowest BCUT2D eigenvalue weighted by Gasteiger charge is -2.19. The molecular formula is C17H12O2S. The average molecular weight is 280 g/mol. The number of thioether (sulfide) groups is 1. The highest BCUT2D eigenvalue weighted by molar-refractivity contribution is 7.98. The third kappa shape index (κ3) is 1.56. The molecule has 0 radical (unpaired) electrons. The van der Waals surface area contributed by atoms with Crippen LogP contribution in [0.3, 0.4) is 0 Å². The van der Waals surface area contributed by atoms with Crippen LogP contribution in [0.25, 0.3) is 22.1 Å². The van der Waals surface area contributed by atoms with E-state index in [1.807, 2.05) is 12.1 Å². The Morgan fingerprint density at radius 1 is 1.15 bits per heavy atom. The van der Waals surface area contributed by atoms with Crippen LogP contribution in [0.4, 0.5) is 0 Å². The summed E-state index contributed by atoms with van der Waals surface area (Å²) in [5.74, 6) is 1.43. The van der Waals surface area contributed by atoms with Crippen molar-refractivity contribution >= 4 is 22.5 Å². The SMILES string of the molecule is Cc1coc2c(c1=O)CSc1ccc3ccccc3c1-2. The smallest absolute Gasteiger partial charge is 0.192 e. The number of fused-ring (bicyclic) bond motifs is 5. The minimum Gasteiger partial charge on any atom is -0.463 e. The van der Waals surface area contributed by atoms with Crippen LogP contribution in [-0.2, 0) is 5.75 Å². The third-order valence-electron chi connectivity index (χ3n) is 3.75. The predicted molar refractivity (Wildman–Crippen MR) is 82.2 cm³/mol. The molecule has 2 aromatic carbocycles. The Morgan fingerprint density at radius 2 is 2.00 bits per heavy atom. The second kappa shape index (κ2) is 4.25. The van der Waals surface area contributed by atoms with Crippen LogP contribution in [0.5, 0.6) is 0 Å². The first kappa shape index (κ1) is 11.8. The molecule has 0 spiro atoms. The van der Waals surface area contributed by atoms with E-state index in [0.29, 0.717) is 11.3 Å². The van der Waals surface area contributed by atoms with Crippen LogP contribution in [0.15, 0.2) is 56.8 Å². The van der Waals surface area contributed by atoms with Crippen LogP contribution in [-0.4, -0.2) is 0 Å². The summed E-state index contributed by atoms with van der Waals surface area (Å²) in [6.07, 6.45) is 1.57. The zero-order valence-electron chi connectivity index (χ0n) is 11.0. The van der Waals surface area contributed by atoms with Crippen molar-refractivity contribution < 1.29 is 4.42 Å². The summed E-state index contributed by atoms with van der Waals surface area (Å²) in [6.45, 7) is 1.80. The molecule has 0 N–H and O–H groups in total. The topological polar surface area (TPSA) is 30.2 Å². The van der Waals surface area contributed by atoms with E-state index in [2.05, 4.69) is 24.3 Å². The second-order valence-corrected chi connectivity index (χ2v) is 6.02. The maximum absolute atomic E-state index is 12.3. The molecule has 3 aromatic rings. The normalized spacial score (nSPS) is 13.1. The van der Waals surface area contributed by atoms with Crippen molar-refractivity contribution in [1.82, 2.24) is 0 Å². The Balaban J connectivity index is 2.16. The van der Waals surface area contributed by atoms with E-state index in [0.717, 1.165) is 22.3 Å². The van der Waals surface area contributed by atoms with Crippen LogP contribution in [0, 0.1) is 6.92 Å². The molecule has 0 fully saturated rings. The Labute approximate surface area is 120 Å². The molecule has 98 valence electrons. The fourth-order valence-corrected chi connectivity index (χ4v) is 3.78. The fraction of sp³-hybridized carbons (Fsp3) is 0.118. The summed E-state index contributed by atoms with van der Waals surface area (Å²) < 4.78 is 5.78. The molecule has 0 bridgehead atoms. The van der Waals surface area contributed by atoms with Gasteiger partial charge in [-0.2, -0.15) is 0 Å². The number of hydrogen-bond donors (Lipinski definition) is 0. The highest BCUT2D eigenvalue weighted by Gasteiger charge is 2.23. The van der Waals surface area contributed by atoms with Crippen molar-refractivity contribution in [2.24, 2.45) is 0 Å². The highest BCUT2D eigenvalue weighted by Crippen LogP contribution is 2.44. The average Bonchev–Trinajstić information content (AvgIpc) is 2.50. The van der Waals surface area contributed by atoms with E-state index < -0.39 is 0 Å². The zero-order valence-corrected chi connectivity index (χ0v) is 11.8. The molecule has 1 aromatic heterocycles. The van der Waals surface area contributed by atoms with E-state index in [1.165, 1.54) is 10.3 Å². The van der Waals surface area contributed by atoms with Crippen molar-refractivity contribution in [3.8, 4) is 11.3 Å². The molecule has 0 saturated heterocycles. The first-order valence-corrected chi connectivity index (χ1v) is 7.50. The zero-order chi connectivity index (χ0) is 13.7. The summed E-state index contributed by atoms with van der Waals surface area (Å²) in [4.78, 5) is 13.5. The summed E-state index contributed by atoms with van der Waals surface area (Å²) in [7, 11) is 0. The first-order chi connectivity index (χ1) is 9.75. The van der Waals surface area contributed by atoms with Gasteiger partial charge in [-0.05, 0) is 23.8 Å². The molecular weight excluding hydrogens is 268 g/mol. The monoisotopic (exact) mass is 280 g/mol. The van der Waals surface area contributed by atoms with Gasteiger partial charge in [-0.25, -0.2) is 0 Å². The van der Waals surface area contributed by atoms with Crippen molar-refractivity contribution in [2.75, 3.05) is 0 Å². The molecule has 3 heteroatoms. The van der Waals surface area contributed by atoms with Gasteiger partial charge < -0.3 is 4.42 Å². The molecule has 0 unspecified atom stereocenters. The number of rotatable bonds is 0. The van der Waals surface area contributed by atoms with Crippen molar-refractivity contribution in [1.29, 1.82) is 0 Å². The quantitative estimate of drug-likeness (QED) is 0.612. The maximum Gasteiger partial charge on any atom is 0.192 e. The van der Waals surface area contributed by atoms with Gasteiger partial charge in [-0.1, -0.05) is 30.3 Å². The van der Waals surface area contributed by atoms with E-state index in [4.69, 9.17) is 4.42 Å². The molecule has 0 atom stereocenters. The summed E-state index contributed by atoms with van der Waals surface area (Å²) >= 11 is 1.71. The van der Waals surface area contributed by atoms with Gasteiger partial charge in [0, 0.05) is 21.8 Å². The van der Waals surface area contributed by atoms with Gasteiger partial charge >= 0.3 is 0 Å². The molecule has 2 nitrogen and oxygen atoms in total. The summed E-state index contributed by atoms with van der Waals surface area (Å²) in [5.41, 5.74) is 2.63. The Bertz CT molecular complexity index is 893. The van der Waals surface area contributed by atoms with E-state index in [9.17, 15) is 4.79 Å². The van der Waals surface area contributed by atoms with Crippen molar-refractivity contribution in [2.45, 2.75) is 17.6 Å². The molecule has 0 saturated carbocycles. The minimum atomic E-state index is 0.109. The van der Waals surface area contributed by atoms with E-state index in [-0.39, 0.29) is 5.43 Å². The first-order valence-electron chi connectivity index (χ1n) is 6.52. The van der Waals surface area contributed by atoms with Crippen molar-refractivity contribution in [3.05, 3.63) is 64.0 Å². The molecule has 2 heterocycles. The molecule has 4 rings (SSSR count). The van der Waals surface area contributed by atoms with Crippen LogP contribution >= 0.6 is 11.8 Å². The lowest BCUT2D eigenvalue weighted by atomic mass is 9.99. The molecule has 0 amide bonds. The lowest BCUT2D eigenvalue weighted by molar-refractivity contribution is 0.553. The Kier molecular flexibility index (Phi) is 2.51. The standard InChI is InChI=1S/C17H12O2S/c1-10-8-19-17-13(16(10)18)9-20-14-7-6-11-4-2-3-5-12(11)15(14)17/h2-8H,9H2,1H3. The van der Waals surface area contributed by atoms with Gasteiger partial charge in [0.1, 0.15) is 5.76 Å². The maximum atomic E-state index is 12.3. The number of benzene rings is 2. The second-order valence-electron chi connectivity index (χ2n) is 5.00. The van der Waals surface area contributed by atoms with E-state index in [1.54, 1.807) is 24.9 Å². The fourth-order valence-electron chi connectivity index (χ4n) is 2.71. The largest absolute Gasteiger partial charge is 0.463 e. The van der Waals surface area contributed by atoms with Gasteiger partial charge in [-0.15, -0.1) is 11.8 Å². The van der Waals surface area contributed by atoms with Gasteiger partial charge in [0.2, 0.25) is 0 Å². The van der Waals surface area contributed by atoms with Gasteiger partial charge in [-0.3, -0.25) is 4.79 Å². The molecule has 20 heavy (non-hydrogen) atoms. The third-order valence-corrected chi connectivity index (χ3v) is 4.83. The van der Waals surface area contributed by atoms with Gasteiger partial charge in [0.15, 0.2) is 5.43 Å². The molecule has 1 aliphatic rings. The lowest BCUT2D eigenvalue weighted by Crippen LogP contribution is -2.14.